The van der Waals surface area contributed by atoms with Crippen LogP contribution in [0.2, 0.25) is 0 Å². The van der Waals surface area contributed by atoms with Gasteiger partial charge < -0.3 is 10.5 Å². The third kappa shape index (κ3) is 4.56. The summed E-state index contributed by atoms with van der Waals surface area (Å²) in [5.41, 5.74) is 6.52. The lowest BCUT2D eigenvalue weighted by Gasteiger charge is -2.17. The lowest BCUT2D eigenvalue weighted by Crippen LogP contribution is -2.28. The standard InChI is InChI=1S/C20H22N2O4S/c21-20(23)18-15-17(27(24,25)22-12-4-5-13-22)10-11-19(18)26-14-6-9-16-7-2-1-3-8-16/h1-3,6-11,15H,4-5,12-14H2,(H2,21,23)/b9-6+. The molecule has 3 rings (SSSR count). The van der Waals surface area contributed by atoms with Crippen LogP contribution >= 0.6 is 0 Å². The number of rotatable bonds is 7. The Kier molecular flexibility index (Phi) is 5.93. The monoisotopic (exact) mass is 386 g/mol. The van der Waals surface area contributed by atoms with E-state index in [9.17, 15) is 13.2 Å². The van der Waals surface area contributed by atoms with Crippen LogP contribution < -0.4 is 10.5 Å². The Morgan fingerprint density at radius 1 is 1.11 bits per heavy atom. The van der Waals surface area contributed by atoms with Crippen molar-refractivity contribution < 1.29 is 17.9 Å². The van der Waals surface area contributed by atoms with Crippen LogP contribution in [-0.2, 0) is 10.0 Å². The Labute approximate surface area is 159 Å². The largest absolute Gasteiger partial charge is 0.489 e. The third-order valence-corrected chi connectivity index (χ3v) is 6.26. The summed E-state index contributed by atoms with van der Waals surface area (Å²) in [5, 5.41) is 0. The number of nitrogens with two attached hydrogens (primary N) is 1. The zero-order valence-corrected chi connectivity index (χ0v) is 15.7. The van der Waals surface area contributed by atoms with Crippen LogP contribution in [0.5, 0.6) is 5.75 Å². The van der Waals surface area contributed by atoms with E-state index in [2.05, 4.69) is 0 Å². The summed E-state index contributed by atoms with van der Waals surface area (Å²) < 4.78 is 32.4. The predicted molar refractivity (Wildman–Crippen MR) is 104 cm³/mol. The van der Waals surface area contributed by atoms with Crippen molar-refractivity contribution in [2.45, 2.75) is 17.7 Å². The molecule has 2 aromatic rings. The van der Waals surface area contributed by atoms with E-state index >= 15 is 0 Å². The van der Waals surface area contributed by atoms with Gasteiger partial charge in [-0.1, -0.05) is 36.4 Å². The van der Waals surface area contributed by atoms with Crippen molar-refractivity contribution in [1.29, 1.82) is 0 Å². The van der Waals surface area contributed by atoms with Crippen molar-refractivity contribution in [3.05, 3.63) is 65.7 Å². The highest BCUT2D eigenvalue weighted by molar-refractivity contribution is 7.89. The van der Waals surface area contributed by atoms with E-state index in [1.165, 1.54) is 22.5 Å². The average Bonchev–Trinajstić information content (AvgIpc) is 3.21. The van der Waals surface area contributed by atoms with Gasteiger partial charge in [0.25, 0.3) is 5.91 Å². The molecular formula is C20H22N2O4S. The molecule has 1 fully saturated rings. The number of sulfonamides is 1. The van der Waals surface area contributed by atoms with Gasteiger partial charge in [0.2, 0.25) is 10.0 Å². The van der Waals surface area contributed by atoms with E-state index in [4.69, 9.17) is 10.5 Å². The summed E-state index contributed by atoms with van der Waals surface area (Å²) in [4.78, 5) is 11.9. The van der Waals surface area contributed by atoms with Crippen LogP contribution in [0.25, 0.3) is 6.08 Å². The summed E-state index contributed by atoms with van der Waals surface area (Å²) in [7, 11) is -3.62. The van der Waals surface area contributed by atoms with Gasteiger partial charge >= 0.3 is 0 Å². The van der Waals surface area contributed by atoms with E-state index in [0.29, 0.717) is 13.1 Å². The highest BCUT2D eigenvalue weighted by Gasteiger charge is 2.28. The topological polar surface area (TPSA) is 89.7 Å². The van der Waals surface area contributed by atoms with Gasteiger partial charge in [-0.25, -0.2) is 8.42 Å². The van der Waals surface area contributed by atoms with E-state index in [1.54, 1.807) is 0 Å². The van der Waals surface area contributed by atoms with Crippen molar-refractivity contribution in [3.8, 4) is 5.75 Å². The fourth-order valence-corrected chi connectivity index (χ4v) is 4.50. The fourth-order valence-electron chi connectivity index (χ4n) is 2.95. The number of hydrogen-bond donors (Lipinski definition) is 1. The molecule has 0 saturated carbocycles. The Balaban J connectivity index is 1.76. The molecule has 0 aromatic heterocycles. The van der Waals surface area contributed by atoms with Crippen LogP contribution in [0.1, 0.15) is 28.8 Å². The Morgan fingerprint density at radius 2 is 1.81 bits per heavy atom. The summed E-state index contributed by atoms with van der Waals surface area (Å²) >= 11 is 0. The minimum absolute atomic E-state index is 0.0587. The van der Waals surface area contributed by atoms with Gasteiger partial charge in [-0.3, -0.25) is 4.79 Å². The maximum Gasteiger partial charge on any atom is 0.252 e. The van der Waals surface area contributed by atoms with Gasteiger partial charge in [0, 0.05) is 13.1 Å². The molecule has 0 unspecified atom stereocenters. The van der Waals surface area contributed by atoms with Crippen LogP contribution in [0.4, 0.5) is 0 Å². The number of nitrogens with zero attached hydrogens (tertiary/aromatic N) is 1. The first-order chi connectivity index (χ1) is 13.0. The van der Waals surface area contributed by atoms with Gasteiger partial charge in [0.1, 0.15) is 12.4 Å². The minimum Gasteiger partial charge on any atom is -0.489 e. The van der Waals surface area contributed by atoms with Crippen molar-refractivity contribution in [3.63, 3.8) is 0 Å². The molecule has 1 aliphatic heterocycles. The lowest BCUT2D eigenvalue weighted by molar-refractivity contribution is 0.0996. The number of amides is 1. The van der Waals surface area contributed by atoms with Gasteiger partial charge in [0.15, 0.2) is 0 Å². The zero-order chi connectivity index (χ0) is 19.3. The molecular weight excluding hydrogens is 364 g/mol. The SMILES string of the molecule is NC(=O)c1cc(S(=O)(=O)N2CCCC2)ccc1OC/C=C/c1ccccc1. The minimum atomic E-state index is -3.62. The molecule has 0 bridgehead atoms. The number of carbonyl (C=O) groups excluding carboxylic acids is 1. The maximum atomic E-state index is 12.7. The summed E-state index contributed by atoms with van der Waals surface area (Å²) in [6.45, 7) is 1.22. The number of primary amides is 1. The maximum absolute atomic E-state index is 12.7. The zero-order valence-electron chi connectivity index (χ0n) is 14.9. The second-order valence-electron chi connectivity index (χ2n) is 6.26. The molecule has 2 N–H and O–H groups in total. The molecule has 1 amide bonds. The highest BCUT2D eigenvalue weighted by atomic mass is 32.2. The van der Waals surface area contributed by atoms with Crippen molar-refractivity contribution in [2.75, 3.05) is 19.7 Å². The van der Waals surface area contributed by atoms with Crippen LogP contribution in [0, 0.1) is 0 Å². The summed E-state index contributed by atoms with van der Waals surface area (Å²) in [6, 6.07) is 14.0. The van der Waals surface area contributed by atoms with Gasteiger partial charge in [-0.2, -0.15) is 4.31 Å². The molecule has 0 radical (unpaired) electrons. The second-order valence-corrected chi connectivity index (χ2v) is 8.20. The summed E-state index contributed by atoms with van der Waals surface area (Å²) in [5.74, 6) is -0.462. The molecule has 2 aromatic carbocycles. The van der Waals surface area contributed by atoms with Crippen LogP contribution in [0.15, 0.2) is 59.5 Å². The molecule has 0 spiro atoms. The van der Waals surface area contributed by atoms with Crippen LogP contribution in [0.3, 0.4) is 0 Å². The normalized spacial score (nSPS) is 15.3. The molecule has 142 valence electrons. The molecule has 0 atom stereocenters. The smallest absolute Gasteiger partial charge is 0.252 e. The fraction of sp³-hybridized carbons (Fsp3) is 0.250. The number of ether oxygens (including phenoxy) is 1. The molecule has 6 nitrogen and oxygen atoms in total. The van der Waals surface area contributed by atoms with E-state index in [-0.39, 0.29) is 22.8 Å². The Hall–Kier alpha value is -2.64. The highest BCUT2D eigenvalue weighted by Crippen LogP contribution is 2.26. The number of hydrogen-bond acceptors (Lipinski definition) is 4. The van der Waals surface area contributed by atoms with Crippen molar-refractivity contribution in [2.24, 2.45) is 5.73 Å². The first kappa shape index (κ1) is 19.1. The third-order valence-electron chi connectivity index (χ3n) is 4.36. The van der Waals surface area contributed by atoms with Crippen molar-refractivity contribution >= 4 is 22.0 Å². The molecule has 7 heteroatoms. The van der Waals surface area contributed by atoms with Gasteiger partial charge in [0.05, 0.1) is 10.5 Å². The van der Waals surface area contributed by atoms with Gasteiger partial charge in [-0.15, -0.1) is 0 Å². The molecule has 1 aliphatic rings. The number of benzene rings is 2. The van der Waals surface area contributed by atoms with Gasteiger partial charge in [-0.05, 0) is 42.7 Å². The quantitative estimate of drug-likeness (QED) is 0.792. The van der Waals surface area contributed by atoms with Crippen LogP contribution in [-0.4, -0.2) is 38.3 Å². The molecule has 1 heterocycles. The van der Waals surface area contributed by atoms with E-state index in [1.807, 2.05) is 42.5 Å². The number of carbonyl (C=O) groups is 1. The first-order valence-corrected chi connectivity index (χ1v) is 10.2. The summed E-state index contributed by atoms with van der Waals surface area (Å²) in [6.07, 6.45) is 5.40. The Bertz CT molecular complexity index is 934. The molecule has 0 aliphatic carbocycles. The molecule has 27 heavy (non-hydrogen) atoms. The van der Waals surface area contributed by atoms with Crippen molar-refractivity contribution in [1.82, 2.24) is 4.31 Å². The lowest BCUT2D eigenvalue weighted by atomic mass is 10.2. The Morgan fingerprint density at radius 3 is 2.48 bits per heavy atom. The predicted octanol–water partition coefficient (Wildman–Crippen LogP) is 2.66. The van der Waals surface area contributed by atoms with E-state index < -0.39 is 15.9 Å². The molecule has 1 saturated heterocycles. The first-order valence-electron chi connectivity index (χ1n) is 8.77. The second kappa shape index (κ2) is 8.37. The average molecular weight is 386 g/mol. The van der Waals surface area contributed by atoms with E-state index in [0.717, 1.165) is 18.4 Å².